The van der Waals surface area contributed by atoms with E-state index in [-0.39, 0.29) is 5.41 Å². The molecule has 0 aliphatic heterocycles. The highest BCUT2D eigenvalue weighted by Gasteiger charge is 2.36. The molecule has 0 nitrogen and oxygen atoms in total. The van der Waals surface area contributed by atoms with E-state index >= 15 is 0 Å². The third-order valence-corrected chi connectivity index (χ3v) is 6.20. The summed E-state index contributed by atoms with van der Waals surface area (Å²) in [6.07, 6.45) is 0. The molecule has 0 aromatic heterocycles. The molecule has 4 aromatic rings. The summed E-state index contributed by atoms with van der Waals surface area (Å²) in [5.74, 6) is 0. The third kappa shape index (κ3) is 2.52. The van der Waals surface area contributed by atoms with Gasteiger partial charge in [0, 0.05) is 10.4 Å². The molecule has 0 bridgehead atoms. The highest BCUT2D eigenvalue weighted by Crippen LogP contribution is 2.52. The van der Waals surface area contributed by atoms with Gasteiger partial charge in [0.2, 0.25) is 0 Å². The Hall–Kier alpha value is -2.83. The minimum atomic E-state index is -0.00653. The van der Waals surface area contributed by atoms with Gasteiger partial charge in [0.15, 0.2) is 0 Å². The van der Waals surface area contributed by atoms with E-state index in [0.717, 1.165) is 5.02 Å². The molecule has 0 spiro atoms. The van der Waals surface area contributed by atoms with Gasteiger partial charge in [0.25, 0.3) is 0 Å². The summed E-state index contributed by atoms with van der Waals surface area (Å²) in [6, 6.07) is 32.2. The van der Waals surface area contributed by atoms with Crippen LogP contribution in [0.25, 0.3) is 33.4 Å². The molecule has 0 unspecified atom stereocenters. The van der Waals surface area contributed by atoms with Crippen molar-refractivity contribution in [3.05, 3.63) is 107 Å². The lowest BCUT2D eigenvalue weighted by Crippen LogP contribution is -2.14. The molecule has 136 valence electrons. The van der Waals surface area contributed by atoms with Crippen LogP contribution in [-0.2, 0) is 5.41 Å². The smallest absolute Gasteiger partial charge is 0.0412 e. The standard InChI is InChI=1S/C27H21Cl/c1-27(2)24-13-7-6-11-22(24)26-21(12-8-14-25(26)27)23-17-19(28)15-16-20(23)18-9-4-3-5-10-18/h3-17H,1-2H3. The van der Waals surface area contributed by atoms with Gasteiger partial charge in [-0.25, -0.2) is 0 Å². The molecule has 5 rings (SSSR count). The largest absolute Gasteiger partial charge is 0.0843 e. The Morgan fingerprint density at radius 1 is 0.571 bits per heavy atom. The molecule has 0 amide bonds. The van der Waals surface area contributed by atoms with Crippen molar-refractivity contribution in [2.75, 3.05) is 0 Å². The molecule has 0 saturated carbocycles. The van der Waals surface area contributed by atoms with Crippen molar-refractivity contribution < 1.29 is 0 Å². The van der Waals surface area contributed by atoms with E-state index in [1.54, 1.807) is 0 Å². The van der Waals surface area contributed by atoms with Gasteiger partial charge in [0.05, 0.1) is 0 Å². The average Bonchev–Trinajstić information content (AvgIpc) is 2.96. The van der Waals surface area contributed by atoms with Crippen molar-refractivity contribution >= 4 is 11.6 Å². The zero-order valence-electron chi connectivity index (χ0n) is 16.0. The second-order valence-electron chi connectivity index (χ2n) is 7.95. The average molecular weight is 381 g/mol. The number of fused-ring (bicyclic) bond motifs is 3. The Bertz CT molecular complexity index is 1190. The van der Waals surface area contributed by atoms with Crippen molar-refractivity contribution in [1.29, 1.82) is 0 Å². The fourth-order valence-corrected chi connectivity index (χ4v) is 4.76. The maximum atomic E-state index is 6.46. The number of benzene rings is 4. The van der Waals surface area contributed by atoms with Gasteiger partial charge < -0.3 is 0 Å². The van der Waals surface area contributed by atoms with Gasteiger partial charge >= 0.3 is 0 Å². The summed E-state index contributed by atoms with van der Waals surface area (Å²) >= 11 is 6.46. The lowest BCUT2D eigenvalue weighted by Gasteiger charge is -2.22. The maximum absolute atomic E-state index is 6.46. The fraction of sp³-hybridized carbons (Fsp3) is 0.111. The van der Waals surface area contributed by atoms with E-state index in [1.807, 2.05) is 6.07 Å². The summed E-state index contributed by atoms with van der Waals surface area (Å²) in [4.78, 5) is 0. The Morgan fingerprint density at radius 3 is 2.07 bits per heavy atom. The first-order valence-corrected chi connectivity index (χ1v) is 10.0. The Morgan fingerprint density at radius 2 is 1.25 bits per heavy atom. The second-order valence-corrected chi connectivity index (χ2v) is 8.39. The molecule has 0 heterocycles. The Balaban J connectivity index is 1.84. The summed E-state index contributed by atoms with van der Waals surface area (Å²) in [6.45, 7) is 4.63. The monoisotopic (exact) mass is 380 g/mol. The van der Waals surface area contributed by atoms with Gasteiger partial charge in [-0.3, -0.25) is 0 Å². The van der Waals surface area contributed by atoms with Crippen LogP contribution in [0.3, 0.4) is 0 Å². The van der Waals surface area contributed by atoms with Gasteiger partial charge in [-0.05, 0) is 56.6 Å². The lowest BCUT2D eigenvalue weighted by molar-refractivity contribution is 0.660. The van der Waals surface area contributed by atoms with Crippen LogP contribution in [0.15, 0.2) is 91.0 Å². The van der Waals surface area contributed by atoms with Crippen LogP contribution in [0.2, 0.25) is 5.02 Å². The van der Waals surface area contributed by atoms with Crippen molar-refractivity contribution in [3.63, 3.8) is 0 Å². The van der Waals surface area contributed by atoms with Crippen LogP contribution in [0, 0.1) is 0 Å². The number of hydrogen-bond acceptors (Lipinski definition) is 0. The first-order valence-electron chi connectivity index (χ1n) is 9.66. The van der Waals surface area contributed by atoms with E-state index in [9.17, 15) is 0 Å². The van der Waals surface area contributed by atoms with E-state index < -0.39 is 0 Å². The highest BCUT2D eigenvalue weighted by molar-refractivity contribution is 6.31. The fourth-order valence-electron chi connectivity index (χ4n) is 4.59. The van der Waals surface area contributed by atoms with Crippen molar-refractivity contribution in [1.82, 2.24) is 0 Å². The second kappa shape index (κ2) is 6.36. The number of hydrogen-bond donors (Lipinski definition) is 0. The molecule has 0 fully saturated rings. The van der Waals surface area contributed by atoms with Crippen LogP contribution in [0.1, 0.15) is 25.0 Å². The molecule has 0 N–H and O–H groups in total. The van der Waals surface area contributed by atoms with Crippen LogP contribution >= 0.6 is 11.6 Å². The summed E-state index contributed by atoms with van der Waals surface area (Å²) in [5.41, 5.74) is 10.3. The molecule has 0 radical (unpaired) electrons. The molecular weight excluding hydrogens is 360 g/mol. The van der Waals surface area contributed by atoms with Crippen molar-refractivity contribution in [2.24, 2.45) is 0 Å². The predicted octanol–water partition coefficient (Wildman–Crippen LogP) is 7.98. The van der Waals surface area contributed by atoms with Crippen molar-refractivity contribution in [2.45, 2.75) is 19.3 Å². The molecule has 28 heavy (non-hydrogen) atoms. The van der Waals surface area contributed by atoms with Crippen molar-refractivity contribution in [3.8, 4) is 33.4 Å². The van der Waals surface area contributed by atoms with Crippen LogP contribution < -0.4 is 0 Å². The Labute approximate surface area is 171 Å². The molecule has 0 saturated heterocycles. The molecule has 1 heteroatoms. The van der Waals surface area contributed by atoms with Crippen LogP contribution in [0.4, 0.5) is 0 Å². The minimum absolute atomic E-state index is 0.00653. The third-order valence-electron chi connectivity index (χ3n) is 5.96. The summed E-state index contributed by atoms with van der Waals surface area (Å²) in [7, 11) is 0. The summed E-state index contributed by atoms with van der Waals surface area (Å²) < 4.78 is 0. The molecule has 0 atom stereocenters. The van der Waals surface area contributed by atoms with E-state index in [0.29, 0.717) is 0 Å². The SMILES string of the molecule is CC1(C)c2ccccc2-c2c(-c3cc(Cl)ccc3-c3ccccc3)cccc21. The lowest BCUT2D eigenvalue weighted by atomic mass is 9.81. The normalized spacial score (nSPS) is 13.8. The first kappa shape index (κ1) is 17.3. The van der Waals surface area contributed by atoms with Gasteiger partial charge in [-0.1, -0.05) is 104 Å². The zero-order chi connectivity index (χ0) is 19.3. The van der Waals surface area contributed by atoms with E-state index in [1.165, 1.54) is 44.5 Å². The molecule has 4 aromatic carbocycles. The first-order chi connectivity index (χ1) is 13.6. The van der Waals surface area contributed by atoms with Crippen LogP contribution in [-0.4, -0.2) is 0 Å². The molecular formula is C27H21Cl. The minimum Gasteiger partial charge on any atom is -0.0843 e. The van der Waals surface area contributed by atoms with Crippen LogP contribution in [0.5, 0.6) is 0 Å². The van der Waals surface area contributed by atoms with Gasteiger partial charge in [-0.15, -0.1) is 0 Å². The maximum Gasteiger partial charge on any atom is 0.0412 e. The quantitative estimate of drug-likeness (QED) is 0.330. The number of halogens is 1. The van der Waals surface area contributed by atoms with E-state index in [4.69, 9.17) is 11.6 Å². The van der Waals surface area contributed by atoms with E-state index in [2.05, 4.69) is 98.8 Å². The van der Waals surface area contributed by atoms with Gasteiger partial charge in [-0.2, -0.15) is 0 Å². The van der Waals surface area contributed by atoms with Gasteiger partial charge in [0.1, 0.15) is 0 Å². The number of rotatable bonds is 2. The molecule has 1 aliphatic carbocycles. The highest BCUT2D eigenvalue weighted by atomic mass is 35.5. The zero-order valence-corrected chi connectivity index (χ0v) is 16.8. The Kier molecular flexibility index (Phi) is 3.92. The topological polar surface area (TPSA) is 0 Å². The molecule has 1 aliphatic rings. The summed E-state index contributed by atoms with van der Waals surface area (Å²) in [5, 5.41) is 0.762. The predicted molar refractivity (Wildman–Crippen MR) is 120 cm³/mol.